The Morgan fingerprint density at radius 3 is 2.65 bits per heavy atom. The lowest BCUT2D eigenvalue weighted by molar-refractivity contribution is 0.0858. The molecule has 1 atom stereocenters. The second-order valence-electron chi connectivity index (χ2n) is 5.15. The van der Waals surface area contributed by atoms with Crippen LogP contribution >= 0.6 is 0 Å². The van der Waals surface area contributed by atoms with E-state index < -0.39 is 15.9 Å². The van der Waals surface area contributed by atoms with Crippen molar-refractivity contribution >= 4 is 15.9 Å². The van der Waals surface area contributed by atoms with Gasteiger partial charge in [0.05, 0.1) is 5.56 Å². The molecule has 0 spiro atoms. The van der Waals surface area contributed by atoms with E-state index in [1.807, 2.05) is 6.92 Å². The average molecular weight is 296 g/mol. The molecule has 5 nitrogen and oxygen atoms in total. The molecule has 1 N–H and O–H groups in total. The third-order valence-corrected chi connectivity index (χ3v) is 5.12. The smallest absolute Gasteiger partial charge is 0.269 e. The third kappa shape index (κ3) is 2.71. The lowest BCUT2D eigenvalue weighted by atomic mass is 10.1. The summed E-state index contributed by atoms with van der Waals surface area (Å²) in [7, 11) is -3.67. The minimum Gasteiger partial charge on any atom is -0.316 e. The number of nitrogens with zero attached hydrogens (tertiary/aromatic N) is 1. The first-order valence-corrected chi connectivity index (χ1v) is 8.29. The van der Waals surface area contributed by atoms with Gasteiger partial charge in [0.2, 0.25) is 0 Å². The summed E-state index contributed by atoms with van der Waals surface area (Å²) in [6, 6.07) is 6.37. The highest BCUT2D eigenvalue weighted by molar-refractivity contribution is 7.90. The molecule has 0 aromatic heterocycles. The van der Waals surface area contributed by atoms with Gasteiger partial charge in [0.25, 0.3) is 15.9 Å². The van der Waals surface area contributed by atoms with Crippen LogP contribution in [0.3, 0.4) is 0 Å². The first kappa shape index (κ1) is 15.0. The summed E-state index contributed by atoms with van der Waals surface area (Å²) in [6.07, 6.45) is 1.03. The van der Waals surface area contributed by atoms with Gasteiger partial charge in [-0.05, 0) is 37.6 Å². The topological polar surface area (TPSA) is 66.5 Å². The predicted molar refractivity (Wildman–Crippen MR) is 77.0 cm³/mol. The van der Waals surface area contributed by atoms with Gasteiger partial charge in [-0.1, -0.05) is 26.0 Å². The van der Waals surface area contributed by atoms with Crippen LogP contribution in [0.5, 0.6) is 0 Å². The lowest BCUT2D eigenvalue weighted by Gasteiger charge is -2.20. The Balaban J connectivity index is 2.13. The Bertz CT molecular complexity index is 598. The zero-order chi connectivity index (χ0) is 14.8. The molecule has 6 heteroatoms. The summed E-state index contributed by atoms with van der Waals surface area (Å²) in [6.45, 7) is 5.82. The molecule has 1 aromatic carbocycles. The first-order valence-electron chi connectivity index (χ1n) is 6.85. The number of benzene rings is 1. The van der Waals surface area contributed by atoms with Crippen molar-refractivity contribution in [3.05, 3.63) is 29.8 Å². The van der Waals surface area contributed by atoms with Crippen molar-refractivity contribution in [3.8, 4) is 0 Å². The Kier molecular flexibility index (Phi) is 4.45. The Morgan fingerprint density at radius 1 is 1.30 bits per heavy atom. The maximum atomic E-state index is 12.3. The van der Waals surface area contributed by atoms with Gasteiger partial charge < -0.3 is 5.32 Å². The summed E-state index contributed by atoms with van der Waals surface area (Å²) in [5.74, 6) is -0.336. The number of sulfonamides is 1. The summed E-state index contributed by atoms with van der Waals surface area (Å²) in [5, 5.41) is 3.24. The molecular weight excluding hydrogens is 276 g/mol. The molecule has 0 bridgehead atoms. The van der Waals surface area contributed by atoms with Crippen molar-refractivity contribution in [3.63, 3.8) is 0 Å². The molecule has 2 rings (SSSR count). The van der Waals surface area contributed by atoms with Crippen LogP contribution < -0.4 is 5.32 Å². The van der Waals surface area contributed by atoms with Gasteiger partial charge in [-0.3, -0.25) is 4.79 Å². The van der Waals surface area contributed by atoms with E-state index in [-0.39, 0.29) is 22.9 Å². The van der Waals surface area contributed by atoms with Crippen molar-refractivity contribution in [2.24, 2.45) is 5.92 Å². The number of rotatable bonds is 6. The van der Waals surface area contributed by atoms with Crippen LogP contribution in [0.25, 0.3) is 0 Å². The van der Waals surface area contributed by atoms with Gasteiger partial charge in [0, 0.05) is 6.54 Å². The number of hydrogen-bond donors (Lipinski definition) is 1. The largest absolute Gasteiger partial charge is 0.316 e. The van der Waals surface area contributed by atoms with Crippen molar-refractivity contribution in [2.45, 2.75) is 25.2 Å². The highest BCUT2D eigenvalue weighted by atomic mass is 32.2. The van der Waals surface area contributed by atoms with Crippen LogP contribution in [0.4, 0.5) is 0 Å². The quantitative estimate of drug-likeness (QED) is 0.807. The standard InChI is InChI=1S/C14H20N2O3S/c1-3-8-15-9-11(2)10-16-14(17)12-6-4-5-7-13(12)20(16,18)19/h4-7,11,15H,3,8-10H2,1-2H3. The summed E-state index contributed by atoms with van der Waals surface area (Å²) >= 11 is 0. The fraction of sp³-hybridized carbons (Fsp3) is 0.500. The zero-order valence-electron chi connectivity index (χ0n) is 11.8. The van der Waals surface area contributed by atoms with Crippen LogP contribution in [0.15, 0.2) is 29.2 Å². The van der Waals surface area contributed by atoms with E-state index in [4.69, 9.17) is 0 Å². The minimum absolute atomic E-state index is 0.0783. The number of carbonyl (C=O) groups is 1. The van der Waals surface area contributed by atoms with Crippen molar-refractivity contribution in [2.75, 3.05) is 19.6 Å². The lowest BCUT2D eigenvalue weighted by Crippen LogP contribution is -2.37. The minimum atomic E-state index is -3.67. The molecule has 110 valence electrons. The second kappa shape index (κ2) is 5.93. The molecule has 0 saturated carbocycles. The summed E-state index contributed by atoms with van der Waals surface area (Å²) in [4.78, 5) is 12.3. The van der Waals surface area contributed by atoms with E-state index in [2.05, 4.69) is 12.2 Å². The molecular formula is C14H20N2O3S. The normalized spacial score (nSPS) is 18.1. The van der Waals surface area contributed by atoms with E-state index in [9.17, 15) is 13.2 Å². The SMILES string of the molecule is CCCNCC(C)CN1C(=O)c2ccccc2S1(=O)=O. The van der Waals surface area contributed by atoms with E-state index in [0.29, 0.717) is 6.54 Å². The van der Waals surface area contributed by atoms with E-state index in [0.717, 1.165) is 17.3 Å². The van der Waals surface area contributed by atoms with Crippen LogP contribution in [-0.2, 0) is 10.0 Å². The van der Waals surface area contributed by atoms with Crippen molar-refractivity contribution in [1.29, 1.82) is 0 Å². The van der Waals surface area contributed by atoms with Crippen molar-refractivity contribution in [1.82, 2.24) is 9.62 Å². The molecule has 1 aromatic rings. The fourth-order valence-corrected chi connectivity index (χ4v) is 3.97. The Hall–Kier alpha value is -1.40. The number of carbonyl (C=O) groups excluding carboxylic acids is 1. The Labute approximate surface area is 120 Å². The second-order valence-corrected chi connectivity index (χ2v) is 6.98. The molecule has 1 aliphatic heterocycles. The third-order valence-electron chi connectivity index (χ3n) is 3.31. The van der Waals surface area contributed by atoms with Crippen LogP contribution in [0.2, 0.25) is 0 Å². The van der Waals surface area contributed by atoms with Gasteiger partial charge in [-0.25, -0.2) is 12.7 Å². The van der Waals surface area contributed by atoms with Crippen LogP contribution in [0, 0.1) is 5.92 Å². The molecule has 1 aliphatic rings. The molecule has 1 unspecified atom stereocenters. The molecule has 0 fully saturated rings. The van der Waals surface area contributed by atoms with Gasteiger partial charge in [0.15, 0.2) is 0 Å². The highest BCUT2D eigenvalue weighted by Gasteiger charge is 2.41. The van der Waals surface area contributed by atoms with E-state index in [1.165, 1.54) is 6.07 Å². The first-order chi connectivity index (χ1) is 9.48. The zero-order valence-corrected chi connectivity index (χ0v) is 12.6. The molecule has 1 heterocycles. The Morgan fingerprint density at radius 2 is 2.00 bits per heavy atom. The van der Waals surface area contributed by atoms with Gasteiger partial charge in [-0.2, -0.15) is 0 Å². The summed E-state index contributed by atoms with van der Waals surface area (Å²) < 4.78 is 25.7. The number of nitrogens with one attached hydrogen (secondary N) is 1. The van der Waals surface area contributed by atoms with Crippen molar-refractivity contribution < 1.29 is 13.2 Å². The molecule has 1 amide bonds. The van der Waals surface area contributed by atoms with E-state index >= 15 is 0 Å². The average Bonchev–Trinajstić information content (AvgIpc) is 2.61. The number of hydrogen-bond acceptors (Lipinski definition) is 4. The number of amides is 1. The summed E-state index contributed by atoms with van der Waals surface area (Å²) in [5.41, 5.74) is 0.279. The maximum absolute atomic E-state index is 12.3. The molecule has 20 heavy (non-hydrogen) atoms. The van der Waals surface area contributed by atoms with Crippen LogP contribution in [-0.4, -0.2) is 38.3 Å². The predicted octanol–water partition coefficient (Wildman–Crippen LogP) is 1.47. The van der Waals surface area contributed by atoms with Crippen LogP contribution in [0.1, 0.15) is 30.6 Å². The number of fused-ring (bicyclic) bond motifs is 1. The highest BCUT2D eigenvalue weighted by Crippen LogP contribution is 2.30. The fourth-order valence-electron chi connectivity index (χ4n) is 2.28. The van der Waals surface area contributed by atoms with Gasteiger partial charge in [0.1, 0.15) is 4.90 Å². The molecule has 0 radical (unpaired) electrons. The maximum Gasteiger partial charge on any atom is 0.269 e. The van der Waals surface area contributed by atoms with Gasteiger partial charge >= 0.3 is 0 Å². The molecule has 0 saturated heterocycles. The monoisotopic (exact) mass is 296 g/mol. The van der Waals surface area contributed by atoms with E-state index in [1.54, 1.807) is 18.2 Å². The van der Waals surface area contributed by atoms with Gasteiger partial charge in [-0.15, -0.1) is 0 Å². The molecule has 0 aliphatic carbocycles.